The zero-order valence-electron chi connectivity index (χ0n) is 24.2. The number of rotatable bonds is 11. The Bertz CT molecular complexity index is 1190. The minimum atomic E-state index is -3.88. The average Bonchev–Trinajstić information content (AvgIpc) is 2.89. The van der Waals surface area contributed by atoms with Crippen molar-refractivity contribution < 1.29 is 13.6 Å². The molecule has 37 heavy (non-hydrogen) atoms. The van der Waals surface area contributed by atoms with E-state index < -0.39 is 7.60 Å². The maximum absolute atomic E-state index is 15.2. The molecule has 0 atom stereocenters. The summed E-state index contributed by atoms with van der Waals surface area (Å²) in [5, 5.41) is 0.620. The molecule has 0 bridgehead atoms. The van der Waals surface area contributed by atoms with Crippen LogP contribution in [0.4, 0.5) is 0 Å². The predicted molar refractivity (Wildman–Crippen MR) is 158 cm³/mol. The van der Waals surface area contributed by atoms with Crippen LogP contribution in [-0.2, 0) is 20.8 Å². The van der Waals surface area contributed by atoms with Crippen LogP contribution in [0.1, 0.15) is 98.3 Å². The van der Waals surface area contributed by atoms with E-state index in [1.807, 2.05) is 54.6 Å². The third-order valence-corrected chi connectivity index (χ3v) is 10.1. The Balaban J connectivity index is 2.28. The largest absolute Gasteiger partial charge is 0.463 e. The van der Waals surface area contributed by atoms with E-state index in [9.17, 15) is 0 Å². The van der Waals surface area contributed by atoms with E-state index in [0.29, 0.717) is 16.8 Å². The molecule has 0 radical (unpaired) electrons. The van der Waals surface area contributed by atoms with E-state index in [1.165, 1.54) is 0 Å². The van der Waals surface area contributed by atoms with Crippen LogP contribution in [0.5, 0.6) is 11.5 Å². The monoisotopic (exact) mass is 520 g/mol. The SMILES string of the molecule is CCC(C)(C)c1ccccc1OP(=O)(Oc1ccccc1C(C)(C)CC)c1ccccc1C(C)(C)CC. The zero-order chi connectivity index (χ0) is 27.5. The van der Waals surface area contributed by atoms with Gasteiger partial charge in [0.25, 0.3) is 0 Å². The third kappa shape index (κ3) is 6.15. The fourth-order valence-electron chi connectivity index (χ4n) is 4.44. The van der Waals surface area contributed by atoms with E-state index in [-0.39, 0.29) is 16.2 Å². The average molecular weight is 521 g/mol. The van der Waals surface area contributed by atoms with Gasteiger partial charge in [0, 0.05) is 11.1 Å². The van der Waals surface area contributed by atoms with Gasteiger partial charge in [-0.25, -0.2) is 4.57 Å². The molecule has 0 amide bonds. The van der Waals surface area contributed by atoms with Crippen molar-refractivity contribution in [2.45, 2.75) is 97.8 Å². The summed E-state index contributed by atoms with van der Waals surface area (Å²) in [4.78, 5) is 0. The molecule has 0 aliphatic carbocycles. The molecule has 0 spiro atoms. The lowest BCUT2D eigenvalue weighted by Crippen LogP contribution is -2.29. The Morgan fingerprint density at radius 2 is 0.865 bits per heavy atom. The van der Waals surface area contributed by atoms with Crippen molar-refractivity contribution in [1.29, 1.82) is 0 Å². The molecular weight excluding hydrogens is 475 g/mol. The highest BCUT2D eigenvalue weighted by Crippen LogP contribution is 2.53. The number of hydrogen-bond acceptors (Lipinski definition) is 3. The first-order valence-electron chi connectivity index (χ1n) is 13.6. The fourth-order valence-corrected chi connectivity index (χ4v) is 6.45. The van der Waals surface area contributed by atoms with Crippen LogP contribution in [0, 0.1) is 0 Å². The summed E-state index contributed by atoms with van der Waals surface area (Å²) >= 11 is 0. The molecule has 4 heteroatoms. The van der Waals surface area contributed by atoms with Crippen LogP contribution in [0.2, 0.25) is 0 Å². The van der Waals surface area contributed by atoms with Crippen molar-refractivity contribution in [2.75, 3.05) is 0 Å². The summed E-state index contributed by atoms with van der Waals surface area (Å²) in [5.41, 5.74) is 2.53. The maximum Gasteiger partial charge on any atom is 0.463 e. The van der Waals surface area contributed by atoms with Crippen LogP contribution in [0.15, 0.2) is 72.8 Å². The molecule has 0 saturated heterocycles. The standard InChI is InChI=1S/C33H45O3P/c1-10-31(4,5)25-19-13-16-22-28(25)35-37(34,30-24-18-15-21-27(30)33(8,9)12-3)36-29-23-17-14-20-26(29)32(6,7)11-2/h13-24H,10-12H2,1-9H3. The zero-order valence-corrected chi connectivity index (χ0v) is 25.1. The number of para-hydroxylation sites is 2. The maximum atomic E-state index is 15.2. The van der Waals surface area contributed by atoms with Gasteiger partial charge in [0.15, 0.2) is 0 Å². The lowest BCUT2D eigenvalue weighted by atomic mass is 9.82. The van der Waals surface area contributed by atoms with Gasteiger partial charge in [-0.05, 0) is 59.3 Å². The Morgan fingerprint density at radius 3 is 1.27 bits per heavy atom. The van der Waals surface area contributed by atoms with Crippen molar-refractivity contribution in [3.63, 3.8) is 0 Å². The molecule has 0 heterocycles. The molecular formula is C33H45O3P. The molecule has 0 aliphatic heterocycles. The summed E-state index contributed by atoms with van der Waals surface area (Å²) in [6.45, 7) is 19.6. The van der Waals surface area contributed by atoms with E-state index in [4.69, 9.17) is 9.05 Å². The minimum Gasteiger partial charge on any atom is -0.412 e. The van der Waals surface area contributed by atoms with E-state index in [2.05, 4.69) is 80.5 Å². The summed E-state index contributed by atoms with van der Waals surface area (Å²) in [7, 11) is -3.88. The molecule has 0 fully saturated rings. The Labute approximate surface area is 225 Å². The van der Waals surface area contributed by atoms with Crippen LogP contribution < -0.4 is 14.4 Å². The highest BCUT2D eigenvalue weighted by molar-refractivity contribution is 7.63. The summed E-state index contributed by atoms with van der Waals surface area (Å²) in [6, 6.07) is 23.8. The predicted octanol–water partition coefficient (Wildman–Crippen LogP) is 9.73. The molecule has 3 rings (SSSR count). The first kappa shape index (κ1) is 29.1. The lowest BCUT2D eigenvalue weighted by molar-refractivity contribution is 0.381. The van der Waals surface area contributed by atoms with E-state index in [1.54, 1.807) is 0 Å². The molecule has 0 unspecified atom stereocenters. The van der Waals surface area contributed by atoms with Crippen LogP contribution in [0.3, 0.4) is 0 Å². The highest BCUT2D eigenvalue weighted by atomic mass is 31.2. The lowest BCUT2D eigenvalue weighted by Gasteiger charge is -2.33. The van der Waals surface area contributed by atoms with Gasteiger partial charge >= 0.3 is 7.60 Å². The van der Waals surface area contributed by atoms with Crippen molar-refractivity contribution in [1.82, 2.24) is 0 Å². The van der Waals surface area contributed by atoms with Gasteiger partial charge in [0.2, 0.25) is 0 Å². The first-order chi connectivity index (χ1) is 17.3. The highest BCUT2D eigenvalue weighted by Gasteiger charge is 2.40. The van der Waals surface area contributed by atoms with Gasteiger partial charge in [-0.1, -0.05) is 117 Å². The molecule has 200 valence electrons. The summed E-state index contributed by atoms with van der Waals surface area (Å²) < 4.78 is 28.5. The van der Waals surface area contributed by atoms with Gasteiger partial charge in [-0.3, -0.25) is 0 Å². The second-order valence-electron chi connectivity index (χ2n) is 11.9. The first-order valence-corrected chi connectivity index (χ1v) is 15.1. The topological polar surface area (TPSA) is 35.5 Å². The molecule has 3 aromatic rings. The van der Waals surface area contributed by atoms with Gasteiger partial charge < -0.3 is 9.05 Å². The second-order valence-corrected chi connectivity index (χ2v) is 13.7. The van der Waals surface area contributed by atoms with Gasteiger partial charge in [-0.15, -0.1) is 0 Å². The Kier molecular flexibility index (Phi) is 8.70. The molecule has 3 nitrogen and oxygen atoms in total. The van der Waals surface area contributed by atoms with Crippen molar-refractivity contribution in [3.8, 4) is 11.5 Å². The van der Waals surface area contributed by atoms with Crippen LogP contribution >= 0.6 is 7.60 Å². The molecule has 0 aromatic heterocycles. The van der Waals surface area contributed by atoms with Crippen molar-refractivity contribution >= 4 is 12.9 Å². The normalized spacial score (nSPS) is 12.9. The quantitative estimate of drug-likeness (QED) is 0.236. The number of benzene rings is 3. The summed E-state index contributed by atoms with van der Waals surface area (Å²) in [5.74, 6) is 1.21. The molecule has 3 aromatic carbocycles. The van der Waals surface area contributed by atoms with E-state index in [0.717, 1.165) is 36.0 Å². The molecule has 0 N–H and O–H groups in total. The van der Waals surface area contributed by atoms with Crippen molar-refractivity contribution in [2.24, 2.45) is 0 Å². The second kappa shape index (κ2) is 11.1. The summed E-state index contributed by atoms with van der Waals surface area (Å²) in [6.07, 6.45) is 2.74. The van der Waals surface area contributed by atoms with Crippen molar-refractivity contribution in [3.05, 3.63) is 89.5 Å². The third-order valence-electron chi connectivity index (χ3n) is 8.25. The Hall–Kier alpha value is -2.51. The Morgan fingerprint density at radius 1 is 0.541 bits per heavy atom. The minimum absolute atomic E-state index is 0.147. The smallest absolute Gasteiger partial charge is 0.412 e. The van der Waals surface area contributed by atoms with Crippen LogP contribution in [0.25, 0.3) is 0 Å². The van der Waals surface area contributed by atoms with Gasteiger partial charge in [0.1, 0.15) is 11.5 Å². The van der Waals surface area contributed by atoms with Gasteiger partial charge in [-0.2, -0.15) is 0 Å². The van der Waals surface area contributed by atoms with Gasteiger partial charge in [0.05, 0.1) is 5.30 Å². The number of hydrogen-bond donors (Lipinski definition) is 0. The molecule has 0 aliphatic rings. The van der Waals surface area contributed by atoms with E-state index >= 15 is 4.57 Å². The molecule has 0 saturated carbocycles. The van der Waals surface area contributed by atoms with Crippen LogP contribution in [-0.4, -0.2) is 0 Å². The fraction of sp³-hybridized carbons (Fsp3) is 0.455.